The van der Waals surface area contributed by atoms with E-state index < -0.39 is 0 Å². The molecule has 32 valence electrons. The van der Waals surface area contributed by atoms with E-state index in [-0.39, 0.29) is 59.8 Å². The molecule has 0 nitrogen and oxygen atoms in total. The Bertz CT molecular complexity index is 6.85. The Labute approximate surface area is 80.5 Å². The molecule has 0 atom stereocenters. The second kappa shape index (κ2) is 33.3. The van der Waals surface area contributed by atoms with Crippen LogP contribution in [0.15, 0.2) is 0 Å². The van der Waals surface area contributed by atoms with Crippen LogP contribution in [0.2, 0.25) is 0 Å². The van der Waals surface area contributed by atoms with E-state index >= 15 is 0 Å². The smallest absolute Gasteiger partial charge is 0.0129 e. The largest absolute Gasteiger partial charge is 1.00 e. The summed E-state index contributed by atoms with van der Waals surface area (Å²) in [7, 11) is 0. The van der Waals surface area contributed by atoms with Crippen molar-refractivity contribution in [2.24, 2.45) is 0 Å². The summed E-state index contributed by atoms with van der Waals surface area (Å²) < 4.78 is 0. The van der Waals surface area contributed by atoms with Crippen LogP contribution in [0, 0.1) is 5.83 Å². The van der Waals surface area contributed by atoms with Crippen LogP contribution in [0.25, 0.3) is 0 Å². The second-order valence-corrected chi connectivity index (χ2v) is 0. The third-order valence-corrected chi connectivity index (χ3v) is 0. The predicted octanol–water partition coefficient (Wildman–Crippen LogP) is -5.20. The third kappa shape index (κ3) is 22.0. The van der Waals surface area contributed by atoms with E-state index in [1.807, 2.05) is 0 Å². The van der Waals surface area contributed by atoms with Gasteiger partial charge >= 0.3 is 0 Å². The van der Waals surface area contributed by atoms with Gasteiger partial charge in [0, 0.05) is 31.7 Å². The maximum absolute atomic E-state index is 3.06. The first kappa shape index (κ1) is 26.6. The molecule has 0 saturated heterocycles. The third-order valence-electron chi connectivity index (χ3n) is 0. The molecule has 0 aliphatic carbocycles. The number of hydrogen-bond acceptors (Lipinski definition) is 0. The molecule has 0 amide bonds. The molecule has 0 N–H and O–H groups in total. The zero-order chi connectivity index (χ0) is 2.00. The topological polar surface area (TPSA) is 0 Å². The van der Waals surface area contributed by atoms with Crippen molar-refractivity contribution in [1.29, 1.82) is 0 Å². The minimum atomic E-state index is 0. The van der Waals surface area contributed by atoms with Crippen molar-refractivity contribution in [3.63, 3.8) is 0 Å². The van der Waals surface area contributed by atoms with Crippen molar-refractivity contribution < 1.29 is 34.0 Å². The standard InChI is InChI=1S/CH2Br.2BrH.In/c1-2;;;/h1H2;2*1H;/p-2. The molecule has 0 aromatic rings. The van der Waals surface area contributed by atoms with Crippen molar-refractivity contribution in [3.05, 3.63) is 5.83 Å². The van der Waals surface area contributed by atoms with Gasteiger partial charge in [0.15, 0.2) is 0 Å². The summed E-state index contributed by atoms with van der Waals surface area (Å²) in [5.41, 5.74) is 0. The molecule has 0 aromatic carbocycles. The van der Waals surface area contributed by atoms with Crippen LogP contribution in [-0.2, 0) is 0 Å². The summed E-state index contributed by atoms with van der Waals surface area (Å²) in [6.45, 7) is 0. The number of hydrogen-bond donors (Lipinski definition) is 0. The second-order valence-electron chi connectivity index (χ2n) is 0. The van der Waals surface area contributed by atoms with E-state index in [0.717, 1.165) is 0 Å². The molecule has 0 aromatic heterocycles. The van der Waals surface area contributed by atoms with Gasteiger partial charge in [0.1, 0.15) is 0 Å². The van der Waals surface area contributed by atoms with E-state index in [1.165, 1.54) is 0 Å². The average Bonchev–Trinajstić information content (AvgIpc) is 1.00. The first-order chi connectivity index (χ1) is 1.00. The zero-order valence-electron chi connectivity index (χ0n) is 2.42. The Hall–Kier alpha value is 2.31. The molecule has 0 aliphatic heterocycles. The maximum Gasteiger partial charge on any atom is 0.0129 e. The SMILES string of the molecule is [Br-].[Br-].[CH2]Br.[In]. The maximum atomic E-state index is 3.06. The molecular weight excluding hydrogens is 367 g/mol. The fraction of sp³-hybridized carbons (Fsp3) is 0. The van der Waals surface area contributed by atoms with Gasteiger partial charge in [0.25, 0.3) is 0 Å². The monoisotopic (exact) mass is 366 g/mol. The van der Waals surface area contributed by atoms with Crippen molar-refractivity contribution >= 4 is 41.8 Å². The van der Waals surface area contributed by atoms with E-state index in [9.17, 15) is 0 Å². The van der Waals surface area contributed by atoms with Crippen LogP contribution < -0.4 is 34.0 Å². The van der Waals surface area contributed by atoms with E-state index in [1.54, 1.807) is 0 Å². The summed E-state index contributed by atoms with van der Waals surface area (Å²) in [6, 6.07) is 0. The number of halogens is 3. The Morgan fingerprint density at radius 3 is 1.00 bits per heavy atom. The van der Waals surface area contributed by atoms with Gasteiger partial charge in [-0.2, -0.15) is 0 Å². The van der Waals surface area contributed by atoms with Gasteiger partial charge in [0.2, 0.25) is 0 Å². The van der Waals surface area contributed by atoms with Gasteiger partial charge < -0.3 is 34.0 Å². The molecule has 4 radical (unpaired) electrons. The Balaban J connectivity index is -0.00000000167. The van der Waals surface area contributed by atoms with Crippen LogP contribution in [0.5, 0.6) is 0 Å². The normalized spacial score (nSPS) is 1.20. The summed E-state index contributed by atoms with van der Waals surface area (Å²) in [5.74, 6) is 3.06. The van der Waals surface area contributed by atoms with Gasteiger partial charge in [-0.3, -0.25) is 0 Å². The number of rotatable bonds is 0. The molecule has 4 heteroatoms. The van der Waals surface area contributed by atoms with Crippen molar-refractivity contribution in [2.75, 3.05) is 0 Å². The van der Waals surface area contributed by atoms with Gasteiger partial charge in [0.05, 0.1) is 0 Å². The molecule has 0 aliphatic rings. The Kier molecular flexibility index (Phi) is 177. The first-order valence-electron chi connectivity index (χ1n) is 0.267. The summed E-state index contributed by atoms with van der Waals surface area (Å²) in [5, 5.41) is 0. The molecule has 5 heavy (non-hydrogen) atoms. The van der Waals surface area contributed by atoms with E-state index in [2.05, 4.69) is 21.8 Å². The van der Waals surface area contributed by atoms with Gasteiger partial charge in [-0.05, 0) is 0 Å². The van der Waals surface area contributed by atoms with Crippen molar-refractivity contribution in [1.82, 2.24) is 0 Å². The molecule has 0 heterocycles. The molecule has 0 rings (SSSR count). The molecular formula is CH2Br3In-2. The first-order valence-corrected chi connectivity index (χ1v) is 1.39. The van der Waals surface area contributed by atoms with Crippen LogP contribution >= 0.6 is 15.9 Å². The molecule has 0 spiro atoms. The molecule has 0 saturated carbocycles. The van der Waals surface area contributed by atoms with Crippen molar-refractivity contribution in [3.8, 4) is 0 Å². The Morgan fingerprint density at radius 1 is 1.00 bits per heavy atom. The van der Waals surface area contributed by atoms with Gasteiger partial charge in [-0.1, -0.05) is 15.9 Å². The minimum Gasteiger partial charge on any atom is -1.00 e. The summed E-state index contributed by atoms with van der Waals surface area (Å²) in [4.78, 5) is 0. The quantitative estimate of drug-likeness (QED) is 0.401. The van der Waals surface area contributed by atoms with Crippen LogP contribution in [0.4, 0.5) is 0 Å². The molecule has 0 fully saturated rings. The van der Waals surface area contributed by atoms with Gasteiger partial charge in [-0.25, -0.2) is 0 Å². The van der Waals surface area contributed by atoms with E-state index in [0.29, 0.717) is 0 Å². The molecule has 0 bridgehead atoms. The summed E-state index contributed by atoms with van der Waals surface area (Å²) >= 11 is 2.69. The fourth-order valence-electron chi connectivity index (χ4n) is 0. The average molecular weight is 369 g/mol. The zero-order valence-corrected chi connectivity index (χ0v) is 10.5. The van der Waals surface area contributed by atoms with Crippen LogP contribution in [-0.4, -0.2) is 25.8 Å². The fourth-order valence-corrected chi connectivity index (χ4v) is 0. The van der Waals surface area contributed by atoms with Crippen LogP contribution in [0.1, 0.15) is 0 Å². The van der Waals surface area contributed by atoms with E-state index in [4.69, 9.17) is 0 Å². The van der Waals surface area contributed by atoms with Crippen LogP contribution in [0.3, 0.4) is 0 Å². The molecule has 0 unspecified atom stereocenters. The predicted molar refractivity (Wildman–Crippen MR) is 20.0 cm³/mol. The Morgan fingerprint density at radius 2 is 1.00 bits per heavy atom. The van der Waals surface area contributed by atoms with Crippen molar-refractivity contribution in [2.45, 2.75) is 0 Å². The summed E-state index contributed by atoms with van der Waals surface area (Å²) in [6.07, 6.45) is 0. The minimum absolute atomic E-state index is 0. The van der Waals surface area contributed by atoms with Gasteiger partial charge in [-0.15, -0.1) is 0 Å².